The number of amides is 1. The highest BCUT2D eigenvalue weighted by Crippen LogP contribution is 2.29. The third-order valence-corrected chi connectivity index (χ3v) is 6.54. The molecule has 4 aromatic rings. The van der Waals surface area contributed by atoms with Crippen LogP contribution in [-0.4, -0.2) is 63.1 Å². The number of methoxy groups -OCH3 is 2. The first-order valence-corrected chi connectivity index (χ1v) is 14.8. The van der Waals surface area contributed by atoms with Crippen LogP contribution in [0.25, 0.3) is 0 Å². The molecule has 16 heteroatoms. The number of anilines is 4. The molecule has 0 saturated heterocycles. The van der Waals surface area contributed by atoms with Gasteiger partial charge >= 0.3 is 5.97 Å². The molecule has 14 nitrogen and oxygen atoms in total. The number of pyridine rings is 2. The molecule has 0 aliphatic rings. The minimum atomic E-state index is -0.711. The maximum Gasteiger partial charge on any atom is 0.361 e. The predicted octanol–water partition coefficient (Wildman–Crippen LogP) is 6.08. The molecule has 46 heavy (non-hydrogen) atoms. The van der Waals surface area contributed by atoms with Gasteiger partial charge in [-0.05, 0) is 43.0 Å². The highest BCUT2D eigenvalue weighted by molar-refractivity contribution is 6.30. The summed E-state index contributed by atoms with van der Waals surface area (Å²) in [5.74, 6) is 1.24. The lowest BCUT2D eigenvalue weighted by molar-refractivity contribution is 0.0519. The van der Waals surface area contributed by atoms with Crippen LogP contribution in [0.4, 0.5) is 23.0 Å². The first-order valence-electron chi connectivity index (χ1n) is 14.1. The second kappa shape index (κ2) is 16.5. The predicted molar refractivity (Wildman–Crippen MR) is 175 cm³/mol. The number of nitrogens with zero attached hydrogens (tertiary/aromatic N) is 6. The van der Waals surface area contributed by atoms with Gasteiger partial charge in [0.05, 0.1) is 32.2 Å². The van der Waals surface area contributed by atoms with Gasteiger partial charge in [-0.15, -0.1) is 20.4 Å². The number of carbonyl (C=O) groups excluding carboxylic acids is 2. The molecule has 0 saturated carbocycles. The van der Waals surface area contributed by atoms with Gasteiger partial charge in [-0.2, -0.15) is 9.97 Å². The van der Waals surface area contributed by atoms with E-state index in [1.54, 1.807) is 33.3 Å². The topological polar surface area (TPSA) is 189 Å². The van der Waals surface area contributed by atoms with Crippen LogP contribution in [0.3, 0.4) is 0 Å². The van der Waals surface area contributed by atoms with Crippen molar-refractivity contribution in [1.29, 1.82) is 0 Å². The maximum atomic E-state index is 12.0. The van der Waals surface area contributed by atoms with Crippen LogP contribution in [0, 0.1) is 0 Å². The Morgan fingerprint density at radius 2 is 1.20 bits per heavy atom. The largest absolute Gasteiger partial charge is 0.481 e. The van der Waals surface area contributed by atoms with E-state index in [1.165, 1.54) is 12.1 Å². The average molecular weight is 673 g/mol. The number of aromatic nitrogens is 6. The molecule has 1 amide bonds. The van der Waals surface area contributed by atoms with E-state index in [9.17, 15) is 9.59 Å². The molecule has 4 aromatic heterocycles. The first-order chi connectivity index (χ1) is 21.9. The molecule has 4 heterocycles. The third-order valence-electron chi connectivity index (χ3n) is 6.17. The molecule has 4 rings (SSSR count). The number of rotatable bonds is 11. The van der Waals surface area contributed by atoms with E-state index in [0.29, 0.717) is 34.8 Å². The van der Waals surface area contributed by atoms with E-state index in [2.05, 4.69) is 54.8 Å². The van der Waals surface area contributed by atoms with E-state index in [0.717, 1.165) is 11.1 Å². The maximum absolute atomic E-state index is 12.0. The Balaban J connectivity index is 0.000000251. The van der Waals surface area contributed by atoms with E-state index in [4.69, 9.17) is 43.1 Å². The highest BCUT2D eigenvalue weighted by atomic mass is 35.5. The summed E-state index contributed by atoms with van der Waals surface area (Å²) in [7, 11) is 3.12. The summed E-state index contributed by atoms with van der Waals surface area (Å²) in [5, 5.41) is 21.0. The second-order valence-electron chi connectivity index (χ2n) is 10.1. The lowest BCUT2D eigenvalue weighted by atomic mass is 10.1. The number of ether oxygens (including phenoxy) is 3. The molecule has 0 fully saturated rings. The SMILES string of the molecule is CCOC(=O)c1nnc(Cl)cc1Nc1ccc(C(C)C)c(OC)n1.COc1nc(Nc2cc(Cl)nnc2C(N)=O)ccc1C(C)C. The molecular weight excluding hydrogens is 637 g/mol. The zero-order chi connectivity index (χ0) is 34.0. The van der Waals surface area contributed by atoms with Crippen LogP contribution in [0.1, 0.15) is 78.6 Å². The van der Waals surface area contributed by atoms with Crippen molar-refractivity contribution in [3.8, 4) is 11.8 Å². The average Bonchev–Trinajstić information content (AvgIpc) is 3.01. The number of nitrogens with two attached hydrogens (primary N) is 1. The number of hydrogen-bond acceptors (Lipinski definition) is 13. The summed E-state index contributed by atoms with van der Waals surface area (Å²) in [6.45, 7) is 10.1. The highest BCUT2D eigenvalue weighted by Gasteiger charge is 2.18. The Kier molecular flexibility index (Phi) is 12.8. The van der Waals surface area contributed by atoms with Crippen LogP contribution in [0.2, 0.25) is 10.3 Å². The molecule has 0 unspecified atom stereocenters. The molecule has 0 aliphatic carbocycles. The Labute approximate surface area is 276 Å². The Hall–Kier alpha value is -4.82. The van der Waals surface area contributed by atoms with Crippen LogP contribution in [0.15, 0.2) is 36.4 Å². The van der Waals surface area contributed by atoms with E-state index in [-0.39, 0.29) is 40.1 Å². The van der Waals surface area contributed by atoms with Gasteiger partial charge < -0.3 is 30.6 Å². The van der Waals surface area contributed by atoms with Crippen molar-refractivity contribution in [2.75, 3.05) is 31.5 Å². The standard InChI is InChI=1S/C16H19ClN4O3.C14H16ClN5O2/c1-5-24-16(22)14-11(8-12(17)20-21-14)18-13-7-6-10(9(2)3)15(19-13)23-4;1-7(2)8-4-5-11(18-14(8)22-3)17-9-6-10(15)19-20-12(9)13(16)21/h6-9H,5H2,1-4H3,(H,18,19,20);4-7H,1-3H3,(H2,16,21)(H,17,18,19). The van der Waals surface area contributed by atoms with Crippen molar-refractivity contribution in [2.45, 2.75) is 46.5 Å². The Bertz CT molecular complexity index is 1690. The summed E-state index contributed by atoms with van der Waals surface area (Å²) in [6, 6.07) is 10.3. The summed E-state index contributed by atoms with van der Waals surface area (Å²) in [6.07, 6.45) is 0. The van der Waals surface area contributed by atoms with Crippen molar-refractivity contribution < 1.29 is 23.8 Å². The summed E-state index contributed by atoms with van der Waals surface area (Å²) in [4.78, 5) is 32.1. The van der Waals surface area contributed by atoms with Crippen LogP contribution < -0.4 is 25.8 Å². The monoisotopic (exact) mass is 671 g/mol. The first kappa shape index (κ1) is 35.7. The fourth-order valence-electron chi connectivity index (χ4n) is 3.98. The van der Waals surface area contributed by atoms with Crippen molar-refractivity contribution in [1.82, 2.24) is 30.4 Å². The molecule has 0 aliphatic heterocycles. The van der Waals surface area contributed by atoms with Gasteiger partial charge in [0.2, 0.25) is 11.8 Å². The van der Waals surface area contributed by atoms with Gasteiger partial charge in [-0.3, -0.25) is 4.79 Å². The lowest BCUT2D eigenvalue weighted by Crippen LogP contribution is -2.16. The lowest BCUT2D eigenvalue weighted by Gasteiger charge is -2.14. The molecule has 0 radical (unpaired) electrons. The number of primary amides is 1. The Morgan fingerprint density at radius 1 is 0.761 bits per heavy atom. The Morgan fingerprint density at radius 3 is 1.59 bits per heavy atom. The van der Waals surface area contributed by atoms with E-state index in [1.807, 2.05) is 26.0 Å². The van der Waals surface area contributed by atoms with Crippen molar-refractivity contribution in [3.63, 3.8) is 0 Å². The zero-order valence-electron chi connectivity index (χ0n) is 26.4. The van der Waals surface area contributed by atoms with Crippen LogP contribution in [0.5, 0.6) is 11.8 Å². The summed E-state index contributed by atoms with van der Waals surface area (Å²) < 4.78 is 15.6. The fraction of sp³-hybridized carbons (Fsp3) is 0.333. The number of nitrogens with one attached hydrogen (secondary N) is 2. The van der Waals surface area contributed by atoms with Gasteiger partial charge in [-0.1, -0.05) is 50.9 Å². The molecule has 0 spiro atoms. The van der Waals surface area contributed by atoms with Crippen molar-refractivity contribution in [2.24, 2.45) is 5.73 Å². The van der Waals surface area contributed by atoms with Crippen molar-refractivity contribution in [3.05, 3.63) is 69.2 Å². The van der Waals surface area contributed by atoms with Gasteiger partial charge in [-0.25, -0.2) is 4.79 Å². The van der Waals surface area contributed by atoms with E-state index < -0.39 is 11.9 Å². The minimum Gasteiger partial charge on any atom is -0.481 e. The smallest absolute Gasteiger partial charge is 0.361 e. The normalized spacial score (nSPS) is 10.6. The van der Waals surface area contributed by atoms with E-state index >= 15 is 0 Å². The van der Waals surface area contributed by atoms with Gasteiger partial charge in [0.15, 0.2) is 21.7 Å². The van der Waals surface area contributed by atoms with Gasteiger partial charge in [0.25, 0.3) is 5.91 Å². The quantitative estimate of drug-likeness (QED) is 0.156. The molecule has 0 atom stereocenters. The number of esters is 1. The number of carbonyl (C=O) groups is 2. The molecular formula is C30H35Cl2N9O5. The van der Waals surface area contributed by atoms with Crippen LogP contribution in [-0.2, 0) is 4.74 Å². The summed E-state index contributed by atoms with van der Waals surface area (Å²) in [5.41, 5.74) is 7.95. The number of hydrogen-bond donors (Lipinski definition) is 3. The van der Waals surface area contributed by atoms with Crippen molar-refractivity contribution >= 4 is 58.1 Å². The fourth-order valence-corrected chi connectivity index (χ4v) is 4.28. The van der Waals surface area contributed by atoms with Crippen LogP contribution >= 0.6 is 23.2 Å². The summed E-state index contributed by atoms with van der Waals surface area (Å²) >= 11 is 11.7. The second-order valence-corrected chi connectivity index (χ2v) is 10.9. The molecule has 4 N–H and O–H groups in total. The third kappa shape index (κ3) is 9.34. The van der Waals surface area contributed by atoms with Gasteiger partial charge in [0, 0.05) is 23.3 Å². The number of halogens is 2. The van der Waals surface area contributed by atoms with Gasteiger partial charge in [0.1, 0.15) is 11.6 Å². The minimum absolute atomic E-state index is 0.0156. The zero-order valence-corrected chi connectivity index (χ0v) is 27.9. The molecule has 0 bridgehead atoms. The molecule has 244 valence electrons. The molecule has 0 aromatic carbocycles.